The molecule has 0 bridgehead atoms. The van der Waals surface area contributed by atoms with Gasteiger partial charge in [-0.05, 0) is 19.1 Å². The summed E-state index contributed by atoms with van der Waals surface area (Å²) >= 11 is 0. The third-order valence-electron chi connectivity index (χ3n) is 3.57. The van der Waals surface area contributed by atoms with Gasteiger partial charge in [0.05, 0.1) is 17.1 Å². The van der Waals surface area contributed by atoms with E-state index in [1.807, 2.05) is 0 Å². The minimum absolute atomic E-state index is 0.0618. The molecule has 1 aliphatic heterocycles. The van der Waals surface area contributed by atoms with E-state index in [9.17, 15) is 26.4 Å². The molecule has 0 aliphatic carbocycles. The van der Waals surface area contributed by atoms with Gasteiger partial charge in [0.25, 0.3) is 0 Å². The molecule has 1 aromatic rings. The van der Waals surface area contributed by atoms with Gasteiger partial charge in [-0.1, -0.05) is 12.1 Å². The third-order valence-corrected chi connectivity index (χ3v) is 5.53. The molecule has 0 unspecified atom stereocenters. The molecule has 0 spiro atoms. The van der Waals surface area contributed by atoms with Crippen molar-refractivity contribution in [3.05, 3.63) is 29.8 Å². The molecule has 1 saturated heterocycles. The number of halogens is 3. The van der Waals surface area contributed by atoms with Crippen LogP contribution < -0.4 is 0 Å². The zero-order chi connectivity index (χ0) is 18.0. The fourth-order valence-electron chi connectivity index (χ4n) is 2.39. The second-order valence-corrected chi connectivity index (χ2v) is 6.99. The van der Waals surface area contributed by atoms with Crippen molar-refractivity contribution in [3.8, 4) is 0 Å². The molecule has 6 nitrogen and oxygen atoms in total. The Morgan fingerprint density at radius 2 is 1.75 bits per heavy atom. The highest BCUT2D eigenvalue weighted by Crippen LogP contribution is 2.35. The van der Waals surface area contributed by atoms with E-state index in [1.54, 1.807) is 6.92 Å². The van der Waals surface area contributed by atoms with Gasteiger partial charge >= 0.3 is 12.3 Å². The minimum atomic E-state index is -4.77. The predicted molar refractivity (Wildman–Crippen MR) is 78.8 cm³/mol. The Kier molecular flexibility index (Phi) is 5.38. The van der Waals surface area contributed by atoms with Crippen LogP contribution in [0.4, 0.5) is 18.0 Å². The van der Waals surface area contributed by atoms with Gasteiger partial charge in [0.15, 0.2) is 0 Å². The van der Waals surface area contributed by atoms with Crippen LogP contribution in [0.1, 0.15) is 12.5 Å². The first-order valence-corrected chi connectivity index (χ1v) is 8.70. The molecule has 1 aliphatic rings. The van der Waals surface area contributed by atoms with Gasteiger partial charge < -0.3 is 9.64 Å². The first kappa shape index (κ1) is 18.5. The van der Waals surface area contributed by atoms with Gasteiger partial charge in [0.1, 0.15) is 0 Å². The van der Waals surface area contributed by atoms with Gasteiger partial charge in [-0.15, -0.1) is 0 Å². The van der Waals surface area contributed by atoms with Crippen molar-refractivity contribution in [2.75, 3.05) is 32.8 Å². The molecule has 1 aromatic carbocycles. The summed E-state index contributed by atoms with van der Waals surface area (Å²) in [6.45, 7) is 1.78. The van der Waals surface area contributed by atoms with E-state index < -0.39 is 32.8 Å². The fraction of sp³-hybridized carbons (Fsp3) is 0.500. The molecular weight excluding hydrogens is 349 g/mol. The smallest absolute Gasteiger partial charge is 0.417 e. The molecule has 1 heterocycles. The molecule has 0 atom stereocenters. The quantitative estimate of drug-likeness (QED) is 0.822. The number of hydrogen-bond donors (Lipinski definition) is 0. The van der Waals surface area contributed by atoms with Crippen LogP contribution in [0.25, 0.3) is 0 Å². The summed E-state index contributed by atoms with van der Waals surface area (Å²) in [5.41, 5.74) is -1.20. The largest absolute Gasteiger partial charge is 0.450 e. The van der Waals surface area contributed by atoms with Crippen molar-refractivity contribution in [2.24, 2.45) is 0 Å². The first-order valence-electron chi connectivity index (χ1n) is 7.26. The number of carbonyl (C=O) groups excluding carboxylic acids is 1. The molecule has 2 rings (SSSR count). The van der Waals surface area contributed by atoms with Gasteiger partial charge in [-0.2, -0.15) is 17.5 Å². The maximum atomic E-state index is 13.0. The molecule has 24 heavy (non-hydrogen) atoms. The number of amides is 1. The van der Waals surface area contributed by atoms with Crippen molar-refractivity contribution in [2.45, 2.75) is 18.0 Å². The summed E-state index contributed by atoms with van der Waals surface area (Å²) in [4.78, 5) is 12.1. The van der Waals surface area contributed by atoms with Crippen LogP contribution in [-0.4, -0.2) is 56.5 Å². The Morgan fingerprint density at radius 1 is 1.17 bits per heavy atom. The Balaban J connectivity index is 2.21. The molecule has 0 radical (unpaired) electrons. The van der Waals surface area contributed by atoms with E-state index in [-0.39, 0.29) is 32.8 Å². The van der Waals surface area contributed by atoms with Crippen LogP contribution >= 0.6 is 0 Å². The Labute approximate surface area is 137 Å². The van der Waals surface area contributed by atoms with Crippen molar-refractivity contribution < 1.29 is 31.1 Å². The van der Waals surface area contributed by atoms with Crippen molar-refractivity contribution >= 4 is 16.1 Å². The number of piperazine rings is 1. The van der Waals surface area contributed by atoms with Crippen LogP contribution in [-0.2, 0) is 20.9 Å². The Hall–Kier alpha value is -1.81. The van der Waals surface area contributed by atoms with Crippen molar-refractivity contribution in [1.82, 2.24) is 9.21 Å². The number of ether oxygens (including phenoxy) is 1. The molecule has 1 amide bonds. The lowest BCUT2D eigenvalue weighted by Crippen LogP contribution is -2.50. The van der Waals surface area contributed by atoms with E-state index in [0.29, 0.717) is 0 Å². The first-order chi connectivity index (χ1) is 11.2. The number of alkyl halides is 3. The zero-order valence-electron chi connectivity index (χ0n) is 12.9. The summed E-state index contributed by atoms with van der Waals surface area (Å²) in [5.74, 6) is 0. The summed E-state index contributed by atoms with van der Waals surface area (Å²) in [6, 6.07) is 4.06. The average Bonchev–Trinajstić information content (AvgIpc) is 2.54. The van der Waals surface area contributed by atoms with Gasteiger partial charge in [0, 0.05) is 26.2 Å². The van der Waals surface area contributed by atoms with E-state index in [4.69, 9.17) is 4.74 Å². The van der Waals surface area contributed by atoms with Crippen LogP contribution in [0.3, 0.4) is 0 Å². The maximum absolute atomic E-state index is 13.0. The minimum Gasteiger partial charge on any atom is -0.450 e. The molecule has 0 aromatic heterocycles. The van der Waals surface area contributed by atoms with Gasteiger partial charge in [-0.25, -0.2) is 13.2 Å². The van der Waals surface area contributed by atoms with Gasteiger partial charge in [0.2, 0.25) is 10.0 Å². The number of hydrogen-bond acceptors (Lipinski definition) is 4. The summed E-state index contributed by atoms with van der Waals surface area (Å²) in [5, 5.41) is 0. The molecule has 1 fully saturated rings. The van der Waals surface area contributed by atoms with Crippen LogP contribution in [0.15, 0.2) is 29.2 Å². The number of rotatable bonds is 3. The predicted octanol–water partition coefficient (Wildman–Crippen LogP) is 2.17. The van der Waals surface area contributed by atoms with Crippen LogP contribution in [0, 0.1) is 0 Å². The van der Waals surface area contributed by atoms with E-state index in [0.717, 1.165) is 22.5 Å². The highest BCUT2D eigenvalue weighted by molar-refractivity contribution is 7.89. The monoisotopic (exact) mass is 366 g/mol. The second-order valence-electron chi connectivity index (χ2n) is 5.08. The SMILES string of the molecule is CCOC(=O)N1CCN(S(=O)(=O)c2ccccc2C(F)(F)F)CC1. The molecule has 134 valence electrons. The highest BCUT2D eigenvalue weighted by atomic mass is 32.2. The normalized spacial score (nSPS) is 16.9. The van der Waals surface area contributed by atoms with Gasteiger partial charge in [-0.3, -0.25) is 0 Å². The lowest BCUT2D eigenvalue weighted by atomic mass is 10.2. The number of sulfonamides is 1. The van der Waals surface area contributed by atoms with Crippen molar-refractivity contribution in [1.29, 1.82) is 0 Å². The Bertz CT molecular complexity index is 698. The van der Waals surface area contributed by atoms with Crippen LogP contribution in [0.5, 0.6) is 0 Å². The van der Waals surface area contributed by atoms with Crippen LogP contribution in [0.2, 0.25) is 0 Å². The molecule has 0 N–H and O–H groups in total. The number of nitrogens with zero attached hydrogens (tertiary/aromatic N) is 2. The van der Waals surface area contributed by atoms with E-state index in [1.165, 1.54) is 11.0 Å². The summed E-state index contributed by atoms with van der Waals surface area (Å²) in [7, 11) is -4.30. The summed E-state index contributed by atoms with van der Waals surface area (Å²) in [6.07, 6.45) is -5.33. The molecule has 0 saturated carbocycles. The number of benzene rings is 1. The van der Waals surface area contributed by atoms with E-state index in [2.05, 4.69) is 0 Å². The molecule has 10 heteroatoms. The zero-order valence-corrected chi connectivity index (χ0v) is 13.7. The fourth-order valence-corrected chi connectivity index (χ4v) is 4.03. The number of carbonyl (C=O) groups is 1. The average molecular weight is 366 g/mol. The van der Waals surface area contributed by atoms with Crippen molar-refractivity contribution in [3.63, 3.8) is 0 Å². The lowest BCUT2D eigenvalue weighted by Gasteiger charge is -2.33. The lowest BCUT2D eigenvalue weighted by molar-refractivity contribution is -0.139. The summed E-state index contributed by atoms with van der Waals surface area (Å²) < 4.78 is 70.0. The topological polar surface area (TPSA) is 66.9 Å². The standard InChI is InChI=1S/C14H17F3N2O4S/c1-2-23-13(20)18-7-9-19(10-8-18)24(21,22)12-6-4-3-5-11(12)14(15,16)17/h3-6H,2,7-10H2,1H3. The Morgan fingerprint density at radius 3 is 2.29 bits per heavy atom. The van der Waals surface area contributed by atoms with E-state index >= 15 is 0 Å². The maximum Gasteiger partial charge on any atom is 0.417 e. The third kappa shape index (κ3) is 3.81. The highest BCUT2D eigenvalue weighted by Gasteiger charge is 2.39. The molecular formula is C14H17F3N2O4S. The second kappa shape index (κ2) is 6.98.